The van der Waals surface area contributed by atoms with E-state index in [1.807, 2.05) is 0 Å². The Morgan fingerprint density at radius 1 is 1.28 bits per heavy atom. The summed E-state index contributed by atoms with van der Waals surface area (Å²) in [5, 5.41) is 3.60. The molecule has 3 heteroatoms. The first-order chi connectivity index (χ1) is 8.79. The van der Waals surface area contributed by atoms with E-state index in [2.05, 4.69) is 24.2 Å². The minimum absolute atomic E-state index is 0.422. The van der Waals surface area contributed by atoms with Crippen molar-refractivity contribution in [3.63, 3.8) is 0 Å². The van der Waals surface area contributed by atoms with Gasteiger partial charge in [-0.3, -0.25) is 0 Å². The second kappa shape index (κ2) is 7.46. The van der Waals surface area contributed by atoms with Gasteiger partial charge in [0.05, 0.1) is 12.7 Å². The predicted molar refractivity (Wildman–Crippen MR) is 75.9 cm³/mol. The van der Waals surface area contributed by atoms with Crippen molar-refractivity contribution < 1.29 is 4.74 Å². The summed E-state index contributed by atoms with van der Waals surface area (Å²) in [4.78, 5) is 2.47. The Kier molecular flexibility index (Phi) is 5.93. The van der Waals surface area contributed by atoms with Crippen LogP contribution in [0, 0.1) is 0 Å². The van der Waals surface area contributed by atoms with Crippen molar-refractivity contribution >= 4 is 0 Å². The van der Waals surface area contributed by atoms with Gasteiger partial charge in [-0.25, -0.2) is 0 Å². The van der Waals surface area contributed by atoms with Gasteiger partial charge in [0.25, 0.3) is 0 Å². The third-order valence-corrected chi connectivity index (χ3v) is 4.27. The normalized spacial score (nSPS) is 27.3. The number of hydrogen-bond acceptors (Lipinski definition) is 3. The van der Waals surface area contributed by atoms with E-state index in [0.29, 0.717) is 12.1 Å². The Morgan fingerprint density at radius 2 is 2.11 bits per heavy atom. The summed E-state index contributed by atoms with van der Waals surface area (Å²) in [6.07, 6.45) is 9.60. The first kappa shape index (κ1) is 14.3. The van der Waals surface area contributed by atoms with Crippen molar-refractivity contribution in [1.82, 2.24) is 10.2 Å². The molecular formula is C15H30N2O. The van der Waals surface area contributed by atoms with Gasteiger partial charge in [0.2, 0.25) is 0 Å². The van der Waals surface area contributed by atoms with Crippen LogP contribution in [0.1, 0.15) is 51.9 Å². The maximum absolute atomic E-state index is 6.17. The number of ether oxygens (including phenoxy) is 1. The van der Waals surface area contributed by atoms with Gasteiger partial charge < -0.3 is 15.0 Å². The van der Waals surface area contributed by atoms with E-state index in [1.54, 1.807) is 0 Å². The third-order valence-electron chi connectivity index (χ3n) is 4.27. The highest BCUT2D eigenvalue weighted by Gasteiger charge is 2.23. The molecule has 0 amide bonds. The second-order valence-electron chi connectivity index (χ2n) is 6.06. The number of likely N-dealkylation sites (tertiary alicyclic amines) is 1. The van der Waals surface area contributed by atoms with Crippen molar-refractivity contribution in [3.05, 3.63) is 0 Å². The standard InChI is InChI=1S/C15H30N2O/c1-3-6-15(11-16-13-8-9-13)18-12-14-7-4-5-10-17(14)2/h13-16H,3-12H2,1-2H3. The summed E-state index contributed by atoms with van der Waals surface area (Å²) in [5.74, 6) is 0. The van der Waals surface area contributed by atoms with Gasteiger partial charge in [-0.2, -0.15) is 0 Å². The Morgan fingerprint density at radius 3 is 2.78 bits per heavy atom. The number of piperidine rings is 1. The average Bonchev–Trinajstić information content (AvgIpc) is 3.18. The molecular weight excluding hydrogens is 224 g/mol. The molecule has 1 saturated carbocycles. The van der Waals surface area contributed by atoms with Crippen LogP contribution in [0.5, 0.6) is 0 Å². The largest absolute Gasteiger partial charge is 0.375 e. The molecule has 1 heterocycles. The molecule has 0 radical (unpaired) electrons. The van der Waals surface area contributed by atoms with Gasteiger partial charge in [0, 0.05) is 18.6 Å². The van der Waals surface area contributed by atoms with E-state index >= 15 is 0 Å². The quantitative estimate of drug-likeness (QED) is 0.720. The van der Waals surface area contributed by atoms with Gasteiger partial charge in [-0.1, -0.05) is 19.8 Å². The maximum Gasteiger partial charge on any atom is 0.0700 e. The van der Waals surface area contributed by atoms with Crippen LogP contribution in [0.3, 0.4) is 0 Å². The van der Waals surface area contributed by atoms with E-state index in [4.69, 9.17) is 4.74 Å². The Balaban J connectivity index is 1.66. The number of rotatable bonds is 8. The fraction of sp³-hybridized carbons (Fsp3) is 1.00. The molecule has 1 saturated heterocycles. The summed E-state index contributed by atoms with van der Waals surface area (Å²) in [6, 6.07) is 1.45. The number of nitrogens with zero attached hydrogens (tertiary/aromatic N) is 1. The van der Waals surface area contributed by atoms with Gasteiger partial charge in [-0.15, -0.1) is 0 Å². The topological polar surface area (TPSA) is 24.5 Å². The Labute approximate surface area is 112 Å². The first-order valence-corrected chi connectivity index (χ1v) is 7.84. The van der Waals surface area contributed by atoms with Gasteiger partial charge >= 0.3 is 0 Å². The van der Waals surface area contributed by atoms with Crippen LogP contribution in [0.4, 0.5) is 0 Å². The SMILES string of the molecule is CCCC(CNC1CC1)OCC1CCCCN1C. The van der Waals surface area contributed by atoms with Crippen molar-refractivity contribution in [3.8, 4) is 0 Å². The summed E-state index contributed by atoms with van der Waals surface area (Å²) in [5.41, 5.74) is 0. The highest BCUT2D eigenvalue weighted by atomic mass is 16.5. The second-order valence-corrected chi connectivity index (χ2v) is 6.06. The number of likely N-dealkylation sites (N-methyl/N-ethyl adjacent to an activating group) is 1. The lowest BCUT2D eigenvalue weighted by Crippen LogP contribution is -2.41. The molecule has 2 aliphatic rings. The van der Waals surface area contributed by atoms with Crippen molar-refractivity contribution in [1.29, 1.82) is 0 Å². The first-order valence-electron chi connectivity index (χ1n) is 7.84. The van der Waals surface area contributed by atoms with E-state index < -0.39 is 0 Å². The molecule has 18 heavy (non-hydrogen) atoms. The zero-order valence-electron chi connectivity index (χ0n) is 12.2. The van der Waals surface area contributed by atoms with Crippen LogP contribution in [0.25, 0.3) is 0 Å². The molecule has 0 aromatic carbocycles. The Bertz CT molecular complexity index is 231. The fourth-order valence-corrected chi connectivity index (χ4v) is 2.75. The van der Waals surface area contributed by atoms with E-state index in [-0.39, 0.29) is 0 Å². The molecule has 0 aromatic heterocycles. The summed E-state index contributed by atoms with van der Waals surface area (Å²) in [7, 11) is 2.24. The number of nitrogens with one attached hydrogen (secondary N) is 1. The molecule has 2 atom stereocenters. The van der Waals surface area contributed by atoms with E-state index in [0.717, 1.165) is 19.2 Å². The zero-order chi connectivity index (χ0) is 12.8. The molecule has 1 aliphatic heterocycles. The average molecular weight is 254 g/mol. The fourth-order valence-electron chi connectivity index (χ4n) is 2.75. The lowest BCUT2D eigenvalue weighted by molar-refractivity contribution is 0.000221. The zero-order valence-corrected chi connectivity index (χ0v) is 12.2. The van der Waals surface area contributed by atoms with Crippen molar-refractivity contribution in [2.45, 2.75) is 70.1 Å². The highest BCUT2D eigenvalue weighted by molar-refractivity contribution is 4.82. The van der Waals surface area contributed by atoms with Crippen LogP contribution < -0.4 is 5.32 Å². The van der Waals surface area contributed by atoms with Gasteiger partial charge in [0.1, 0.15) is 0 Å². The van der Waals surface area contributed by atoms with Crippen LogP contribution in [0.2, 0.25) is 0 Å². The molecule has 2 fully saturated rings. The van der Waals surface area contributed by atoms with Crippen LogP contribution in [0.15, 0.2) is 0 Å². The predicted octanol–water partition coefficient (Wildman–Crippen LogP) is 2.41. The summed E-state index contributed by atoms with van der Waals surface area (Å²) in [6.45, 7) is 5.47. The Hall–Kier alpha value is -0.120. The van der Waals surface area contributed by atoms with Gasteiger partial charge in [0.15, 0.2) is 0 Å². The summed E-state index contributed by atoms with van der Waals surface area (Å²) >= 11 is 0. The van der Waals surface area contributed by atoms with Crippen molar-refractivity contribution in [2.24, 2.45) is 0 Å². The molecule has 2 unspecified atom stereocenters. The highest BCUT2D eigenvalue weighted by Crippen LogP contribution is 2.19. The maximum atomic E-state index is 6.17. The smallest absolute Gasteiger partial charge is 0.0700 e. The molecule has 0 spiro atoms. The third kappa shape index (κ3) is 4.87. The summed E-state index contributed by atoms with van der Waals surface area (Å²) < 4.78 is 6.17. The van der Waals surface area contributed by atoms with E-state index in [9.17, 15) is 0 Å². The molecule has 3 nitrogen and oxygen atoms in total. The number of hydrogen-bond donors (Lipinski definition) is 1. The minimum Gasteiger partial charge on any atom is -0.375 e. The molecule has 0 bridgehead atoms. The van der Waals surface area contributed by atoms with Crippen LogP contribution in [-0.2, 0) is 4.74 Å². The molecule has 106 valence electrons. The lowest BCUT2D eigenvalue weighted by Gasteiger charge is -2.33. The molecule has 1 N–H and O–H groups in total. The molecule has 0 aromatic rings. The molecule has 1 aliphatic carbocycles. The monoisotopic (exact) mass is 254 g/mol. The van der Waals surface area contributed by atoms with Crippen molar-refractivity contribution in [2.75, 3.05) is 26.7 Å². The van der Waals surface area contributed by atoms with E-state index in [1.165, 1.54) is 51.5 Å². The minimum atomic E-state index is 0.422. The van der Waals surface area contributed by atoms with Crippen LogP contribution in [-0.4, -0.2) is 49.8 Å². The van der Waals surface area contributed by atoms with Crippen LogP contribution >= 0.6 is 0 Å². The molecule has 2 rings (SSSR count). The van der Waals surface area contributed by atoms with Gasteiger partial charge in [-0.05, 0) is 45.7 Å². The lowest BCUT2D eigenvalue weighted by atomic mass is 10.0.